The summed E-state index contributed by atoms with van der Waals surface area (Å²) in [5.41, 5.74) is 7.81. The van der Waals surface area contributed by atoms with Gasteiger partial charge in [-0.1, -0.05) is 0 Å². The summed E-state index contributed by atoms with van der Waals surface area (Å²) < 4.78 is 31.1. The highest BCUT2D eigenvalue weighted by Crippen LogP contribution is 2.36. The lowest BCUT2D eigenvalue weighted by Gasteiger charge is -2.35. The molecule has 2 aliphatic heterocycles. The number of nitrogens with one attached hydrogen (secondary N) is 2. The summed E-state index contributed by atoms with van der Waals surface area (Å²) in [5.74, 6) is 2.56. The van der Waals surface area contributed by atoms with Gasteiger partial charge < -0.3 is 45.0 Å². The lowest BCUT2D eigenvalue weighted by Crippen LogP contribution is -2.49. The minimum atomic E-state index is -1.38. The van der Waals surface area contributed by atoms with E-state index in [9.17, 15) is 9.35 Å². The van der Waals surface area contributed by atoms with Crippen LogP contribution in [0.15, 0.2) is 47.1 Å². The molecule has 276 valence electrons. The Hall–Kier alpha value is -4.25. The van der Waals surface area contributed by atoms with Crippen LogP contribution in [0.2, 0.25) is 0 Å². The Morgan fingerprint density at radius 2 is 1.86 bits per heavy atom. The maximum atomic E-state index is 13.7. The third-order valence-corrected chi connectivity index (χ3v) is 10.8. The predicted octanol–water partition coefficient (Wildman–Crippen LogP) is 3.18. The van der Waals surface area contributed by atoms with Gasteiger partial charge in [-0.15, -0.1) is 0 Å². The quantitative estimate of drug-likeness (QED) is 0.0953. The summed E-state index contributed by atoms with van der Waals surface area (Å²) in [5, 5.41) is 11.7. The molecule has 3 atom stereocenters. The number of allylic oxidation sites excluding steroid dienone is 1. The van der Waals surface area contributed by atoms with E-state index in [4.69, 9.17) is 25.4 Å². The minimum Gasteiger partial charge on any atom is -0.611 e. The Balaban J connectivity index is 1.13. The molecule has 1 aromatic carbocycles. The number of ether oxygens (including phenoxy) is 3. The normalized spacial score (nSPS) is 19.7. The third-order valence-electron chi connectivity index (χ3n) is 8.95. The van der Waals surface area contributed by atoms with Crippen molar-refractivity contribution in [3.8, 4) is 11.5 Å². The van der Waals surface area contributed by atoms with Crippen molar-refractivity contribution in [2.75, 3.05) is 69.3 Å². The van der Waals surface area contributed by atoms with Crippen LogP contribution in [0.25, 0.3) is 10.9 Å². The summed E-state index contributed by atoms with van der Waals surface area (Å²) >= 11 is -1.38. The van der Waals surface area contributed by atoms with Crippen LogP contribution in [0.3, 0.4) is 0 Å². The van der Waals surface area contributed by atoms with Gasteiger partial charge in [0.25, 0.3) is 0 Å². The van der Waals surface area contributed by atoms with Crippen LogP contribution in [-0.4, -0.2) is 122 Å². The summed E-state index contributed by atoms with van der Waals surface area (Å²) in [6, 6.07) is 3.70. The Morgan fingerprint density at radius 1 is 1.14 bits per heavy atom. The Morgan fingerprint density at radius 3 is 2.53 bits per heavy atom. The second-order valence-corrected chi connectivity index (χ2v) is 16.1. The molecule has 0 spiro atoms. The van der Waals surface area contributed by atoms with E-state index >= 15 is 0 Å². The van der Waals surface area contributed by atoms with Crippen molar-refractivity contribution in [2.24, 2.45) is 5.73 Å². The number of nitrogens with zero attached hydrogens (tertiary/aromatic N) is 7. The lowest BCUT2D eigenvalue weighted by atomic mass is 10.2. The summed E-state index contributed by atoms with van der Waals surface area (Å²) in [6.07, 6.45) is 6.26. The van der Waals surface area contributed by atoms with Gasteiger partial charge in [-0.05, 0) is 59.1 Å². The van der Waals surface area contributed by atoms with Gasteiger partial charge in [-0.3, -0.25) is 9.69 Å². The fraction of sp³-hybridized carbons (Fsp3) is 0.543. The number of amides is 1. The molecule has 4 heterocycles. The number of piperazine rings is 1. The first-order chi connectivity index (χ1) is 24.3. The maximum absolute atomic E-state index is 13.7. The van der Waals surface area contributed by atoms with Gasteiger partial charge >= 0.3 is 0 Å². The smallest absolute Gasteiger partial charge is 0.225 e. The van der Waals surface area contributed by atoms with E-state index in [2.05, 4.69) is 35.1 Å². The number of benzene rings is 1. The fourth-order valence-electron chi connectivity index (χ4n) is 5.64. The highest BCUT2D eigenvalue weighted by molar-refractivity contribution is 7.92. The van der Waals surface area contributed by atoms with E-state index in [1.165, 1.54) is 6.33 Å². The summed E-state index contributed by atoms with van der Waals surface area (Å²) in [4.78, 5) is 36.0. The average Bonchev–Trinajstić information content (AvgIpc) is 3.12. The van der Waals surface area contributed by atoms with Gasteiger partial charge in [0, 0.05) is 61.5 Å². The van der Waals surface area contributed by atoms with Crippen molar-refractivity contribution in [3.05, 3.63) is 42.2 Å². The molecule has 15 nitrogen and oxygen atoms in total. The number of hydrogen-bond donors (Lipinski definition) is 3. The number of nitrogens with two attached hydrogens (primary N) is 1. The van der Waals surface area contributed by atoms with Crippen LogP contribution < -0.4 is 25.4 Å². The number of rotatable bonds is 14. The van der Waals surface area contributed by atoms with Gasteiger partial charge in [0.2, 0.25) is 12.4 Å². The molecule has 1 amide bonds. The summed E-state index contributed by atoms with van der Waals surface area (Å²) in [7, 11) is 0. The van der Waals surface area contributed by atoms with Crippen molar-refractivity contribution >= 4 is 46.0 Å². The van der Waals surface area contributed by atoms with Crippen LogP contribution in [0.4, 0.5) is 11.8 Å². The molecule has 4 N–H and O–H groups in total. The van der Waals surface area contributed by atoms with E-state index < -0.39 is 15.9 Å². The fourth-order valence-corrected chi connectivity index (χ4v) is 6.82. The summed E-state index contributed by atoms with van der Waals surface area (Å²) in [6.45, 7) is 17.1. The molecule has 0 saturated carbocycles. The van der Waals surface area contributed by atoms with Crippen LogP contribution in [0, 0.1) is 5.41 Å². The van der Waals surface area contributed by atoms with Crippen molar-refractivity contribution in [3.63, 3.8) is 0 Å². The zero-order chi connectivity index (χ0) is 36.7. The van der Waals surface area contributed by atoms with Gasteiger partial charge in [0.1, 0.15) is 35.4 Å². The van der Waals surface area contributed by atoms with Gasteiger partial charge in [-0.2, -0.15) is 0 Å². The standard InChI is InChI=1S/C35H50N10O5S/c1-23-19-49-27(18-45(23)22-46)20-50-26-16-38-34(39-17-26)44-11-9-43(10-12-44)8-7-13-48-30-15-29-28(14-31(30)51(47)35(4,5)6)33(41-21-40-29)42-32(37)24(2)25(3)36/h14-17,21-23,27,36H,7-13,18-20,37H2,1-6H3,(H,40,41,42)/b32-24+,36-25?/t23?,27-,51?/m1/s1. The van der Waals surface area contributed by atoms with E-state index in [0.717, 1.165) is 45.6 Å². The molecule has 0 radical (unpaired) electrons. The molecular weight excluding hydrogens is 673 g/mol. The third kappa shape index (κ3) is 9.75. The zero-order valence-electron chi connectivity index (χ0n) is 30.3. The first kappa shape index (κ1) is 38.0. The molecule has 16 heteroatoms. The topological polar surface area (TPSA) is 191 Å². The Labute approximate surface area is 302 Å². The van der Waals surface area contributed by atoms with Crippen LogP contribution in [0.1, 0.15) is 48.0 Å². The van der Waals surface area contributed by atoms with E-state index in [1.807, 2.05) is 39.8 Å². The van der Waals surface area contributed by atoms with Crippen molar-refractivity contribution in [1.82, 2.24) is 29.7 Å². The highest BCUT2D eigenvalue weighted by atomic mass is 32.2. The maximum Gasteiger partial charge on any atom is 0.225 e. The first-order valence-corrected chi connectivity index (χ1v) is 18.4. The number of carbonyl (C=O) groups is 1. The molecule has 2 unspecified atom stereocenters. The number of hydrogen-bond acceptors (Lipinski definition) is 14. The van der Waals surface area contributed by atoms with Crippen molar-refractivity contribution < 1.29 is 23.6 Å². The molecule has 2 saturated heterocycles. The minimum absolute atomic E-state index is 0.0664. The molecule has 3 aromatic rings. The van der Waals surface area contributed by atoms with Crippen molar-refractivity contribution in [1.29, 1.82) is 5.41 Å². The molecule has 0 bridgehead atoms. The van der Waals surface area contributed by atoms with Crippen LogP contribution in [-0.2, 0) is 20.7 Å². The van der Waals surface area contributed by atoms with Crippen LogP contribution >= 0.6 is 0 Å². The lowest BCUT2D eigenvalue weighted by molar-refractivity contribution is -0.132. The zero-order valence-corrected chi connectivity index (χ0v) is 31.2. The number of aromatic nitrogens is 4. The molecule has 2 fully saturated rings. The molecule has 5 rings (SSSR count). The number of morpholine rings is 1. The van der Waals surface area contributed by atoms with Crippen LogP contribution in [0.5, 0.6) is 11.5 Å². The first-order valence-electron chi connectivity index (χ1n) is 17.2. The van der Waals surface area contributed by atoms with Gasteiger partial charge in [0.05, 0.1) is 43.7 Å². The second kappa shape index (κ2) is 16.8. The van der Waals surface area contributed by atoms with E-state index in [1.54, 1.807) is 31.1 Å². The van der Waals surface area contributed by atoms with Crippen molar-refractivity contribution in [2.45, 2.75) is 69.8 Å². The average molecular weight is 723 g/mol. The van der Waals surface area contributed by atoms with E-state index in [0.29, 0.717) is 82.5 Å². The highest BCUT2D eigenvalue weighted by Gasteiger charge is 2.32. The number of carbonyl (C=O) groups excluding carboxylic acids is 1. The second-order valence-electron chi connectivity index (χ2n) is 13.9. The predicted molar refractivity (Wildman–Crippen MR) is 198 cm³/mol. The van der Waals surface area contributed by atoms with E-state index in [-0.39, 0.29) is 12.1 Å². The molecule has 2 aromatic heterocycles. The molecule has 51 heavy (non-hydrogen) atoms. The molecule has 0 aliphatic carbocycles. The van der Waals surface area contributed by atoms with Gasteiger partial charge in [0.15, 0.2) is 16.4 Å². The largest absolute Gasteiger partial charge is 0.611 e. The Kier molecular flexibility index (Phi) is 12.5. The molecular formula is C35H50N10O5S. The number of anilines is 2. The SMILES string of the molecule is CC(=N)/C(C)=C(\N)Nc1ncnc2cc(OCCCN3CCN(c4ncc(OC[C@H]5CN(C=O)C(C)CO5)cn4)CC3)c([S+]([O-])C(C)(C)C)cc12. The van der Waals surface area contributed by atoms with Gasteiger partial charge in [-0.25, -0.2) is 19.9 Å². The molecule has 2 aliphatic rings. The Bertz CT molecular complexity index is 1690. The monoisotopic (exact) mass is 722 g/mol. The number of fused-ring (bicyclic) bond motifs is 1.